The molecule has 2 rings (SSSR count). The SMILES string of the molecule is COC1(C)C(O)C(O)=C(C)C(=O)C1Oc1cc(C)cc(O)c1C. The molecule has 6 nitrogen and oxygen atoms in total. The second-order valence-electron chi connectivity index (χ2n) is 6.07. The third-order valence-electron chi connectivity index (χ3n) is 4.48. The van der Waals surface area contributed by atoms with Gasteiger partial charge in [-0.25, -0.2) is 0 Å². The lowest BCUT2D eigenvalue weighted by molar-refractivity contribution is -0.165. The van der Waals surface area contributed by atoms with Crippen LogP contribution in [0.1, 0.15) is 25.0 Å². The minimum absolute atomic E-state index is 0.0338. The number of phenols is 1. The Hall–Kier alpha value is -2.05. The van der Waals surface area contributed by atoms with Crippen molar-refractivity contribution in [2.45, 2.75) is 45.5 Å². The maximum Gasteiger partial charge on any atom is 0.205 e. The Morgan fingerprint density at radius 1 is 1.17 bits per heavy atom. The normalized spacial score (nSPS) is 28.2. The van der Waals surface area contributed by atoms with Crippen molar-refractivity contribution in [2.24, 2.45) is 0 Å². The lowest BCUT2D eigenvalue weighted by Gasteiger charge is -2.42. The first-order valence-electron chi connectivity index (χ1n) is 7.27. The summed E-state index contributed by atoms with van der Waals surface area (Å²) in [6.45, 7) is 6.37. The molecule has 0 saturated heterocycles. The van der Waals surface area contributed by atoms with E-state index in [9.17, 15) is 20.1 Å². The number of benzene rings is 1. The molecule has 0 heterocycles. The van der Waals surface area contributed by atoms with E-state index < -0.39 is 29.4 Å². The number of aliphatic hydroxyl groups is 2. The van der Waals surface area contributed by atoms with Crippen LogP contribution in [0.5, 0.6) is 11.5 Å². The number of rotatable bonds is 3. The maximum absolute atomic E-state index is 12.5. The average molecular weight is 322 g/mol. The van der Waals surface area contributed by atoms with E-state index >= 15 is 0 Å². The molecular weight excluding hydrogens is 300 g/mol. The van der Waals surface area contributed by atoms with Crippen molar-refractivity contribution in [2.75, 3.05) is 7.11 Å². The third-order valence-corrected chi connectivity index (χ3v) is 4.48. The van der Waals surface area contributed by atoms with Gasteiger partial charge in [-0.3, -0.25) is 4.79 Å². The largest absolute Gasteiger partial charge is 0.509 e. The van der Waals surface area contributed by atoms with Gasteiger partial charge in [0.15, 0.2) is 6.10 Å². The molecule has 0 fully saturated rings. The molecule has 3 atom stereocenters. The highest BCUT2D eigenvalue weighted by molar-refractivity contribution is 6.01. The first-order valence-corrected chi connectivity index (χ1v) is 7.27. The molecular formula is C17H22O6. The van der Waals surface area contributed by atoms with Gasteiger partial charge in [-0.2, -0.15) is 0 Å². The number of aliphatic hydroxyl groups excluding tert-OH is 2. The molecule has 0 saturated carbocycles. The zero-order chi connectivity index (χ0) is 17.5. The summed E-state index contributed by atoms with van der Waals surface area (Å²) < 4.78 is 11.1. The van der Waals surface area contributed by atoms with E-state index in [1.54, 1.807) is 26.0 Å². The maximum atomic E-state index is 12.5. The van der Waals surface area contributed by atoms with E-state index in [0.29, 0.717) is 11.3 Å². The minimum atomic E-state index is -1.45. The zero-order valence-electron chi connectivity index (χ0n) is 13.9. The summed E-state index contributed by atoms with van der Waals surface area (Å²) in [5.74, 6) is -0.510. The molecule has 1 aliphatic rings. The van der Waals surface area contributed by atoms with Crippen LogP contribution in [0.15, 0.2) is 23.5 Å². The molecule has 126 valence electrons. The van der Waals surface area contributed by atoms with Crippen LogP contribution in [0, 0.1) is 13.8 Å². The van der Waals surface area contributed by atoms with Crippen molar-refractivity contribution < 1.29 is 29.6 Å². The second kappa shape index (κ2) is 5.86. The first-order chi connectivity index (χ1) is 10.6. The fourth-order valence-electron chi connectivity index (χ4n) is 2.65. The Balaban J connectivity index is 2.51. The van der Waals surface area contributed by atoms with Crippen molar-refractivity contribution in [3.63, 3.8) is 0 Å². The number of Topliss-reactive ketones (excluding diaryl/α,β-unsaturated/α-hetero) is 1. The van der Waals surface area contributed by atoms with Crippen molar-refractivity contribution in [3.8, 4) is 11.5 Å². The lowest BCUT2D eigenvalue weighted by Crippen LogP contribution is -2.61. The zero-order valence-corrected chi connectivity index (χ0v) is 13.9. The summed E-state index contributed by atoms with van der Waals surface area (Å²) in [6.07, 6.45) is -2.55. The van der Waals surface area contributed by atoms with Crippen LogP contribution in [-0.2, 0) is 9.53 Å². The Bertz CT molecular complexity index is 678. The number of aromatic hydroxyl groups is 1. The van der Waals surface area contributed by atoms with Gasteiger partial charge in [0.1, 0.15) is 29.0 Å². The molecule has 0 amide bonds. The van der Waals surface area contributed by atoms with E-state index in [1.165, 1.54) is 21.0 Å². The molecule has 3 unspecified atom stereocenters. The molecule has 23 heavy (non-hydrogen) atoms. The number of hydrogen-bond acceptors (Lipinski definition) is 6. The predicted octanol–water partition coefficient (Wildman–Crippen LogP) is 1.94. The number of ether oxygens (including phenoxy) is 2. The van der Waals surface area contributed by atoms with Gasteiger partial charge < -0.3 is 24.8 Å². The summed E-state index contributed by atoms with van der Waals surface area (Å²) in [7, 11) is 1.33. The molecule has 0 spiro atoms. The number of methoxy groups -OCH3 is 1. The molecule has 0 aliphatic heterocycles. The molecule has 3 N–H and O–H groups in total. The van der Waals surface area contributed by atoms with Gasteiger partial charge in [-0.05, 0) is 45.4 Å². The molecule has 6 heteroatoms. The first kappa shape index (κ1) is 17.3. The molecule has 1 aliphatic carbocycles. The number of carbonyl (C=O) groups is 1. The fraction of sp³-hybridized carbons (Fsp3) is 0.471. The summed E-state index contributed by atoms with van der Waals surface area (Å²) in [6, 6.07) is 3.28. The number of carbonyl (C=O) groups excluding carboxylic acids is 1. The van der Waals surface area contributed by atoms with Crippen LogP contribution >= 0.6 is 0 Å². The quantitative estimate of drug-likeness (QED) is 0.787. The van der Waals surface area contributed by atoms with Gasteiger partial charge in [-0.1, -0.05) is 0 Å². The number of aryl methyl sites for hydroxylation is 1. The van der Waals surface area contributed by atoms with Crippen LogP contribution in [0.4, 0.5) is 0 Å². The predicted molar refractivity (Wildman–Crippen MR) is 83.8 cm³/mol. The standard InChI is InChI=1S/C17H22O6/c1-8-6-11(18)9(2)12(7-8)23-16-14(20)10(3)13(19)15(21)17(16,4)22-5/h6-7,15-16,18-19,21H,1-5H3. The van der Waals surface area contributed by atoms with E-state index in [-0.39, 0.29) is 11.3 Å². The van der Waals surface area contributed by atoms with E-state index in [4.69, 9.17) is 9.47 Å². The molecule has 0 aromatic heterocycles. The van der Waals surface area contributed by atoms with Gasteiger partial charge >= 0.3 is 0 Å². The highest BCUT2D eigenvalue weighted by Gasteiger charge is 2.53. The highest BCUT2D eigenvalue weighted by Crippen LogP contribution is 2.37. The number of hydrogen-bond donors (Lipinski definition) is 3. The minimum Gasteiger partial charge on any atom is -0.509 e. The van der Waals surface area contributed by atoms with Gasteiger partial charge in [0.05, 0.1) is 0 Å². The molecule has 0 bridgehead atoms. The van der Waals surface area contributed by atoms with E-state index in [1.807, 2.05) is 0 Å². The van der Waals surface area contributed by atoms with Gasteiger partial charge in [0.2, 0.25) is 5.78 Å². The van der Waals surface area contributed by atoms with Crippen molar-refractivity contribution in [3.05, 3.63) is 34.6 Å². The fourth-order valence-corrected chi connectivity index (χ4v) is 2.65. The summed E-state index contributed by atoms with van der Waals surface area (Å²) >= 11 is 0. The molecule has 1 aromatic carbocycles. The summed E-state index contributed by atoms with van der Waals surface area (Å²) in [4.78, 5) is 12.5. The van der Waals surface area contributed by atoms with Crippen LogP contribution in [-0.4, -0.2) is 46.0 Å². The smallest absolute Gasteiger partial charge is 0.205 e. The Morgan fingerprint density at radius 2 is 1.78 bits per heavy atom. The van der Waals surface area contributed by atoms with Crippen molar-refractivity contribution >= 4 is 5.78 Å². The van der Waals surface area contributed by atoms with Gasteiger partial charge in [0.25, 0.3) is 0 Å². The molecule has 0 radical (unpaired) electrons. The molecule has 1 aromatic rings. The monoisotopic (exact) mass is 322 g/mol. The van der Waals surface area contributed by atoms with Crippen LogP contribution in [0.25, 0.3) is 0 Å². The average Bonchev–Trinajstić information content (AvgIpc) is 2.52. The van der Waals surface area contributed by atoms with Crippen LogP contribution in [0.3, 0.4) is 0 Å². The van der Waals surface area contributed by atoms with Crippen LogP contribution in [0.2, 0.25) is 0 Å². The van der Waals surface area contributed by atoms with Crippen molar-refractivity contribution in [1.82, 2.24) is 0 Å². The van der Waals surface area contributed by atoms with E-state index in [2.05, 4.69) is 0 Å². The summed E-state index contributed by atoms with van der Waals surface area (Å²) in [5.41, 5.74) is -0.174. The van der Waals surface area contributed by atoms with Crippen LogP contribution < -0.4 is 4.74 Å². The van der Waals surface area contributed by atoms with Crippen molar-refractivity contribution in [1.29, 1.82) is 0 Å². The second-order valence-corrected chi connectivity index (χ2v) is 6.07. The number of phenolic OH excluding ortho intramolecular Hbond substituents is 1. The van der Waals surface area contributed by atoms with Gasteiger partial charge in [0, 0.05) is 18.2 Å². The Kier molecular flexibility index (Phi) is 4.41. The summed E-state index contributed by atoms with van der Waals surface area (Å²) in [5, 5.41) is 30.2. The van der Waals surface area contributed by atoms with E-state index in [0.717, 1.165) is 5.56 Å². The van der Waals surface area contributed by atoms with Gasteiger partial charge in [-0.15, -0.1) is 0 Å². The number of ketones is 1. The lowest BCUT2D eigenvalue weighted by atomic mass is 9.79. The highest BCUT2D eigenvalue weighted by atomic mass is 16.6. The third kappa shape index (κ3) is 2.68. The Labute approximate surface area is 135 Å². The topological polar surface area (TPSA) is 96.2 Å². The Morgan fingerprint density at radius 3 is 2.35 bits per heavy atom.